The molecule has 0 bridgehead atoms. The summed E-state index contributed by atoms with van der Waals surface area (Å²) in [5.41, 5.74) is 0. The summed E-state index contributed by atoms with van der Waals surface area (Å²) >= 11 is 0. The van der Waals surface area contributed by atoms with E-state index in [0.29, 0.717) is 0 Å². The van der Waals surface area contributed by atoms with Crippen LogP contribution in [0.2, 0.25) is 0 Å². The molecule has 3 nitrogen and oxygen atoms in total. The lowest BCUT2D eigenvalue weighted by Crippen LogP contribution is -2.13. The van der Waals surface area contributed by atoms with Gasteiger partial charge in [0.1, 0.15) is 0 Å². The molecule has 102 valence electrons. The Labute approximate surface area is 106 Å². The highest BCUT2D eigenvalue weighted by Gasteiger charge is 2.09. The topological polar surface area (TPSA) is 43.4 Å². The summed E-state index contributed by atoms with van der Waals surface area (Å²) in [6.45, 7) is 5.50. The van der Waals surface area contributed by atoms with Crippen LogP contribution in [0.5, 0.6) is 0 Å². The third-order valence-corrected chi connectivity index (χ3v) is 3.29. The first-order valence-corrected chi connectivity index (χ1v) is 8.26. The minimum absolute atomic E-state index is 0.189. The van der Waals surface area contributed by atoms with E-state index in [1.165, 1.54) is 25.7 Å². The highest BCUT2D eigenvalue weighted by Crippen LogP contribution is 2.12. The zero-order valence-electron chi connectivity index (χ0n) is 11.2. The second-order valence-corrected chi connectivity index (χ2v) is 6.20. The van der Waals surface area contributed by atoms with Gasteiger partial charge < -0.3 is 0 Å². The molecule has 0 aromatic carbocycles. The molecule has 0 amide bonds. The summed E-state index contributed by atoms with van der Waals surface area (Å²) in [6.07, 6.45) is 12.0. The van der Waals surface area contributed by atoms with E-state index in [2.05, 4.69) is 6.58 Å². The van der Waals surface area contributed by atoms with Crippen LogP contribution in [0.25, 0.3) is 0 Å². The maximum atomic E-state index is 10.8. The van der Waals surface area contributed by atoms with Crippen LogP contribution in [-0.4, -0.2) is 20.8 Å². The van der Waals surface area contributed by atoms with Crippen LogP contribution in [0, 0.1) is 0 Å². The summed E-state index contributed by atoms with van der Waals surface area (Å²) in [5.74, 6) is 0. The molecule has 0 aliphatic rings. The van der Waals surface area contributed by atoms with Crippen LogP contribution in [0.15, 0.2) is 12.7 Å². The quantitative estimate of drug-likeness (QED) is 0.324. The molecule has 0 rings (SSSR count). The van der Waals surface area contributed by atoms with Gasteiger partial charge in [0.25, 0.3) is 10.1 Å². The minimum atomic E-state index is -3.29. The normalized spacial score (nSPS) is 13.5. The van der Waals surface area contributed by atoms with Crippen molar-refractivity contribution in [1.82, 2.24) is 0 Å². The van der Waals surface area contributed by atoms with Gasteiger partial charge in [-0.25, -0.2) is 0 Å². The highest BCUT2D eigenvalue weighted by atomic mass is 32.2. The predicted octanol–water partition coefficient (Wildman–Crippen LogP) is 3.66. The molecule has 17 heavy (non-hydrogen) atoms. The van der Waals surface area contributed by atoms with Crippen molar-refractivity contribution in [2.75, 3.05) is 6.26 Å². The molecular weight excluding hydrogens is 236 g/mol. The fraction of sp³-hybridized carbons (Fsp3) is 0.846. The number of hydrogen-bond acceptors (Lipinski definition) is 3. The van der Waals surface area contributed by atoms with Gasteiger partial charge in [0.2, 0.25) is 0 Å². The van der Waals surface area contributed by atoms with Gasteiger partial charge in [-0.1, -0.05) is 38.2 Å². The van der Waals surface area contributed by atoms with E-state index in [1.54, 1.807) is 0 Å². The fourth-order valence-corrected chi connectivity index (χ4v) is 2.47. The molecule has 1 unspecified atom stereocenters. The molecular formula is C13H26O3S. The van der Waals surface area contributed by atoms with Crippen molar-refractivity contribution in [3.8, 4) is 0 Å². The van der Waals surface area contributed by atoms with Crippen molar-refractivity contribution in [2.45, 2.75) is 64.4 Å². The number of unbranched alkanes of at least 4 members (excludes halogenated alkanes) is 6. The Balaban J connectivity index is 3.30. The molecule has 0 fully saturated rings. The van der Waals surface area contributed by atoms with Gasteiger partial charge in [-0.3, -0.25) is 4.18 Å². The van der Waals surface area contributed by atoms with E-state index in [0.717, 1.165) is 31.9 Å². The zero-order valence-corrected chi connectivity index (χ0v) is 12.0. The predicted molar refractivity (Wildman–Crippen MR) is 72.5 cm³/mol. The first kappa shape index (κ1) is 16.6. The lowest BCUT2D eigenvalue weighted by molar-refractivity contribution is 0.216. The second kappa shape index (κ2) is 9.66. The number of rotatable bonds is 11. The lowest BCUT2D eigenvalue weighted by atomic mass is 10.1. The Hall–Kier alpha value is -0.350. The largest absolute Gasteiger partial charge is 0.267 e. The molecule has 0 N–H and O–H groups in total. The molecule has 0 aromatic heterocycles. The van der Waals surface area contributed by atoms with Crippen LogP contribution in [0.3, 0.4) is 0 Å². The van der Waals surface area contributed by atoms with E-state index in [9.17, 15) is 8.42 Å². The van der Waals surface area contributed by atoms with Crippen molar-refractivity contribution >= 4 is 10.1 Å². The first-order chi connectivity index (χ1) is 7.95. The van der Waals surface area contributed by atoms with Crippen LogP contribution >= 0.6 is 0 Å². The molecule has 0 aliphatic heterocycles. The van der Waals surface area contributed by atoms with Crippen molar-refractivity contribution in [2.24, 2.45) is 0 Å². The minimum Gasteiger partial charge on any atom is -0.267 e. The molecule has 0 spiro atoms. The van der Waals surface area contributed by atoms with E-state index in [-0.39, 0.29) is 6.10 Å². The maximum Gasteiger partial charge on any atom is 0.264 e. The average molecular weight is 262 g/mol. The second-order valence-electron chi connectivity index (χ2n) is 4.60. The van der Waals surface area contributed by atoms with E-state index < -0.39 is 10.1 Å². The summed E-state index contributed by atoms with van der Waals surface area (Å²) in [6, 6.07) is 0. The van der Waals surface area contributed by atoms with Crippen molar-refractivity contribution in [1.29, 1.82) is 0 Å². The molecule has 0 saturated heterocycles. The Morgan fingerprint density at radius 2 is 1.65 bits per heavy atom. The van der Waals surface area contributed by atoms with Gasteiger partial charge in [-0.2, -0.15) is 8.42 Å². The summed E-state index contributed by atoms with van der Waals surface area (Å²) < 4.78 is 26.6. The molecule has 0 radical (unpaired) electrons. The Bertz CT molecular complexity index is 283. The summed E-state index contributed by atoms with van der Waals surface area (Å²) in [5, 5.41) is 0. The van der Waals surface area contributed by atoms with E-state index >= 15 is 0 Å². The van der Waals surface area contributed by atoms with E-state index in [1.807, 2.05) is 13.0 Å². The van der Waals surface area contributed by atoms with Gasteiger partial charge in [-0.15, -0.1) is 6.58 Å². The first-order valence-electron chi connectivity index (χ1n) is 6.45. The number of hydrogen-bond donors (Lipinski definition) is 0. The van der Waals surface area contributed by atoms with Gasteiger partial charge in [-0.05, 0) is 26.2 Å². The van der Waals surface area contributed by atoms with Crippen molar-refractivity contribution in [3.05, 3.63) is 12.7 Å². The average Bonchev–Trinajstić information content (AvgIpc) is 2.19. The fourth-order valence-electron chi connectivity index (χ4n) is 1.77. The molecule has 0 heterocycles. The monoisotopic (exact) mass is 262 g/mol. The van der Waals surface area contributed by atoms with Crippen LogP contribution in [-0.2, 0) is 14.3 Å². The molecule has 4 heteroatoms. The zero-order chi connectivity index (χ0) is 13.1. The van der Waals surface area contributed by atoms with Gasteiger partial charge in [0.05, 0.1) is 12.4 Å². The number of allylic oxidation sites excluding steroid dienone is 1. The molecule has 1 atom stereocenters. The maximum absolute atomic E-state index is 10.8. The van der Waals surface area contributed by atoms with Gasteiger partial charge >= 0.3 is 0 Å². The molecule has 0 aliphatic carbocycles. The van der Waals surface area contributed by atoms with Crippen LogP contribution < -0.4 is 0 Å². The molecule has 0 saturated carbocycles. The highest BCUT2D eigenvalue weighted by molar-refractivity contribution is 7.86. The Morgan fingerprint density at radius 3 is 2.18 bits per heavy atom. The van der Waals surface area contributed by atoms with Gasteiger partial charge in [0, 0.05) is 0 Å². The van der Waals surface area contributed by atoms with Crippen molar-refractivity contribution in [3.63, 3.8) is 0 Å². The third kappa shape index (κ3) is 13.6. The van der Waals surface area contributed by atoms with Crippen LogP contribution in [0.1, 0.15) is 58.3 Å². The molecule has 0 aromatic rings. The summed E-state index contributed by atoms with van der Waals surface area (Å²) in [4.78, 5) is 0. The van der Waals surface area contributed by atoms with Crippen LogP contribution in [0.4, 0.5) is 0 Å². The lowest BCUT2D eigenvalue weighted by Gasteiger charge is -2.10. The van der Waals surface area contributed by atoms with Crippen molar-refractivity contribution < 1.29 is 12.6 Å². The van der Waals surface area contributed by atoms with Gasteiger partial charge in [0.15, 0.2) is 0 Å². The third-order valence-electron chi connectivity index (χ3n) is 2.61. The summed E-state index contributed by atoms with van der Waals surface area (Å²) in [7, 11) is -3.29. The van der Waals surface area contributed by atoms with E-state index in [4.69, 9.17) is 4.18 Å². The SMILES string of the molecule is C=CCCCCCCCCC(C)OS(C)(=O)=O. The Kier molecular flexibility index (Phi) is 9.46. The smallest absolute Gasteiger partial charge is 0.264 e. The Morgan fingerprint density at radius 1 is 1.12 bits per heavy atom. The standard InChI is InChI=1S/C13H26O3S/c1-4-5-6-7-8-9-10-11-12-13(2)16-17(3,14)15/h4,13H,1,5-12H2,2-3H3.